The Morgan fingerprint density at radius 3 is 2.88 bits per heavy atom. The Hall–Kier alpha value is -3.05. The number of rotatable bonds is 8. The van der Waals surface area contributed by atoms with Gasteiger partial charge in [0.2, 0.25) is 11.8 Å². The fourth-order valence-corrected chi connectivity index (χ4v) is 5.99. The average molecular weight is 472 g/mol. The molecule has 5 rings (SSSR count). The van der Waals surface area contributed by atoms with Gasteiger partial charge in [-0.15, -0.1) is 5.10 Å². The van der Waals surface area contributed by atoms with Gasteiger partial charge in [0, 0.05) is 0 Å². The minimum atomic E-state index is -1.13. The van der Waals surface area contributed by atoms with E-state index in [2.05, 4.69) is 15.6 Å². The van der Waals surface area contributed by atoms with Crippen LogP contribution in [-0.4, -0.2) is 79.8 Å². The molecule has 2 amide bonds. The molecule has 2 unspecified atom stereocenters. The lowest BCUT2D eigenvalue weighted by molar-refractivity contribution is -0.155. The van der Waals surface area contributed by atoms with Crippen LogP contribution in [0, 0.1) is 11.8 Å². The lowest BCUT2D eigenvalue weighted by Gasteiger charge is -2.36. The van der Waals surface area contributed by atoms with Crippen LogP contribution in [0.2, 0.25) is 0 Å². The summed E-state index contributed by atoms with van der Waals surface area (Å²) >= 11 is 0. The van der Waals surface area contributed by atoms with Crippen LogP contribution in [0.3, 0.4) is 0 Å². The molecule has 0 aliphatic carbocycles. The number of fused-ring (bicyclic) bond motifs is 2. The third kappa shape index (κ3) is 3.21. The Morgan fingerprint density at radius 2 is 2.15 bits per heavy atom. The van der Waals surface area contributed by atoms with Crippen LogP contribution in [0.1, 0.15) is 33.1 Å². The number of aromatic nitrogens is 3. The van der Waals surface area contributed by atoms with E-state index in [0.29, 0.717) is 24.8 Å². The molecule has 2 aromatic rings. The van der Waals surface area contributed by atoms with Gasteiger partial charge < -0.3 is 24.8 Å². The van der Waals surface area contributed by atoms with Crippen molar-refractivity contribution >= 4 is 28.8 Å². The number of nitrogens with one attached hydrogen (secondary N) is 1. The lowest BCUT2D eigenvalue weighted by Crippen LogP contribution is -2.58. The van der Waals surface area contributed by atoms with Crippen molar-refractivity contribution in [3.05, 3.63) is 24.3 Å². The molecule has 11 nitrogen and oxygen atoms in total. The number of amides is 2. The smallest absolute Gasteiger partial charge is 0.312 e. The molecule has 0 saturated carbocycles. The van der Waals surface area contributed by atoms with E-state index in [4.69, 9.17) is 9.47 Å². The summed E-state index contributed by atoms with van der Waals surface area (Å²) in [6, 6.07) is 5.86. The van der Waals surface area contributed by atoms with E-state index in [1.807, 2.05) is 31.2 Å². The minimum Gasteiger partial charge on any atom is -0.466 e. The van der Waals surface area contributed by atoms with Crippen molar-refractivity contribution < 1.29 is 29.0 Å². The van der Waals surface area contributed by atoms with Crippen LogP contribution >= 0.6 is 0 Å². The zero-order valence-corrected chi connectivity index (χ0v) is 19.2. The normalized spacial score (nSPS) is 30.6. The van der Waals surface area contributed by atoms with Gasteiger partial charge in [0.05, 0.1) is 42.7 Å². The quantitative estimate of drug-likeness (QED) is 0.522. The van der Waals surface area contributed by atoms with E-state index in [0.717, 1.165) is 5.52 Å². The topological polar surface area (TPSA) is 136 Å². The largest absolute Gasteiger partial charge is 0.466 e. The van der Waals surface area contributed by atoms with Gasteiger partial charge in [0.1, 0.15) is 23.8 Å². The van der Waals surface area contributed by atoms with Crippen LogP contribution in [0.5, 0.6) is 0 Å². The zero-order chi connectivity index (χ0) is 24.0. The molecule has 4 heterocycles. The van der Waals surface area contributed by atoms with Gasteiger partial charge in [-0.1, -0.05) is 24.3 Å². The maximum atomic E-state index is 13.7. The second kappa shape index (κ2) is 8.62. The maximum absolute atomic E-state index is 13.7. The van der Waals surface area contributed by atoms with E-state index in [1.54, 1.807) is 11.6 Å². The molecule has 182 valence electrons. The number of aliphatic hydroxyl groups excluding tert-OH is 1. The van der Waals surface area contributed by atoms with Gasteiger partial charge in [-0.05, 0) is 38.3 Å². The monoisotopic (exact) mass is 471 g/mol. The molecule has 0 radical (unpaired) electrons. The van der Waals surface area contributed by atoms with Gasteiger partial charge >= 0.3 is 5.97 Å². The van der Waals surface area contributed by atoms with Crippen molar-refractivity contribution in [2.75, 3.05) is 13.2 Å². The molecular weight excluding hydrogens is 442 g/mol. The number of carbonyl (C=O) groups excluding carboxylic acids is 3. The lowest BCUT2D eigenvalue weighted by atomic mass is 9.71. The first-order chi connectivity index (χ1) is 16.5. The molecule has 3 aliphatic heterocycles. The molecule has 2 bridgehead atoms. The first-order valence-corrected chi connectivity index (χ1v) is 11.8. The SMILES string of the molecule is CCOC(=O)[C@@H]1[C@@H]2CCC3(O2)C(C(=O)NCn2nnc4ccccc42)N([C@@H](CC)CO)C(=O)[C@H]13. The Morgan fingerprint density at radius 1 is 1.35 bits per heavy atom. The average Bonchev–Trinajstić information content (AvgIpc) is 3.58. The van der Waals surface area contributed by atoms with Crippen molar-refractivity contribution in [2.24, 2.45) is 11.8 Å². The minimum absolute atomic E-state index is 0.0548. The maximum Gasteiger partial charge on any atom is 0.312 e. The summed E-state index contributed by atoms with van der Waals surface area (Å²) in [5, 5.41) is 21.1. The molecule has 11 heteroatoms. The predicted octanol–water partition coefficient (Wildman–Crippen LogP) is 0.214. The highest BCUT2D eigenvalue weighted by molar-refractivity contribution is 5.98. The predicted molar refractivity (Wildman–Crippen MR) is 118 cm³/mol. The van der Waals surface area contributed by atoms with Gasteiger partial charge in [0.25, 0.3) is 0 Å². The highest BCUT2D eigenvalue weighted by atomic mass is 16.6. The van der Waals surface area contributed by atoms with E-state index in [-0.39, 0.29) is 25.8 Å². The summed E-state index contributed by atoms with van der Waals surface area (Å²) in [6.07, 6.45) is 1.04. The number of aliphatic hydroxyl groups is 1. The van der Waals surface area contributed by atoms with Crippen LogP contribution < -0.4 is 5.32 Å². The van der Waals surface area contributed by atoms with E-state index in [9.17, 15) is 19.5 Å². The third-order valence-electron chi connectivity index (χ3n) is 7.44. The number of benzene rings is 1. The van der Waals surface area contributed by atoms with Gasteiger partial charge in [-0.25, -0.2) is 4.68 Å². The molecule has 3 aliphatic rings. The molecule has 34 heavy (non-hydrogen) atoms. The second-order valence-electron chi connectivity index (χ2n) is 9.07. The molecule has 3 saturated heterocycles. The van der Waals surface area contributed by atoms with Crippen LogP contribution in [-0.2, 0) is 30.5 Å². The summed E-state index contributed by atoms with van der Waals surface area (Å²) in [7, 11) is 0. The first-order valence-electron chi connectivity index (χ1n) is 11.8. The molecule has 1 aromatic carbocycles. The van der Waals surface area contributed by atoms with Crippen LogP contribution in [0.25, 0.3) is 11.0 Å². The summed E-state index contributed by atoms with van der Waals surface area (Å²) in [4.78, 5) is 41.6. The van der Waals surface area contributed by atoms with E-state index in [1.165, 1.54) is 4.90 Å². The highest BCUT2D eigenvalue weighted by Gasteiger charge is 2.75. The summed E-state index contributed by atoms with van der Waals surface area (Å²) in [5.41, 5.74) is 0.339. The Kier molecular flexibility index (Phi) is 5.76. The summed E-state index contributed by atoms with van der Waals surface area (Å²) in [6.45, 7) is 3.52. The number of hydrogen-bond acceptors (Lipinski definition) is 8. The molecule has 1 spiro atoms. The summed E-state index contributed by atoms with van der Waals surface area (Å²) in [5.74, 6) is -2.79. The van der Waals surface area contributed by atoms with Crippen molar-refractivity contribution in [1.82, 2.24) is 25.2 Å². The number of ether oxygens (including phenoxy) is 2. The number of likely N-dealkylation sites (tertiary alicyclic amines) is 1. The Balaban J connectivity index is 1.46. The molecule has 1 aromatic heterocycles. The van der Waals surface area contributed by atoms with Gasteiger partial charge in [-0.3, -0.25) is 14.4 Å². The van der Waals surface area contributed by atoms with Crippen LogP contribution in [0.15, 0.2) is 24.3 Å². The van der Waals surface area contributed by atoms with Crippen molar-refractivity contribution in [1.29, 1.82) is 0 Å². The second-order valence-corrected chi connectivity index (χ2v) is 9.07. The van der Waals surface area contributed by atoms with Crippen molar-refractivity contribution in [3.8, 4) is 0 Å². The van der Waals surface area contributed by atoms with E-state index < -0.39 is 47.5 Å². The number of hydrogen-bond donors (Lipinski definition) is 2. The fraction of sp³-hybridized carbons (Fsp3) is 0.609. The third-order valence-corrected chi connectivity index (χ3v) is 7.44. The molecule has 3 fully saturated rings. The number of nitrogens with zero attached hydrogens (tertiary/aromatic N) is 4. The van der Waals surface area contributed by atoms with Gasteiger partial charge in [0.15, 0.2) is 0 Å². The van der Waals surface area contributed by atoms with Crippen LogP contribution in [0.4, 0.5) is 0 Å². The van der Waals surface area contributed by atoms with E-state index >= 15 is 0 Å². The van der Waals surface area contributed by atoms with Gasteiger partial charge in [-0.2, -0.15) is 0 Å². The first kappa shape index (κ1) is 22.7. The molecule has 2 N–H and O–H groups in total. The Labute approximate surface area is 196 Å². The molecular formula is C23H29N5O6. The summed E-state index contributed by atoms with van der Waals surface area (Å²) < 4.78 is 13.1. The zero-order valence-electron chi connectivity index (χ0n) is 19.2. The number of esters is 1. The fourth-order valence-electron chi connectivity index (χ4n) is 5.99. The Bertz CT molecular complexity index is 1120. The number of carbonyl (C=O) groups is 3. The highest BCUT2D eigenvalue weighted by Crippen LogP contribution is 2.59. The number of para-hydroxylation sites is 1. The standard InChI is InChI=1S/C23H29N5O6/c1-3-13(11-29)28-19(20(30)24-12-27-15-8-6-5-7-14(15)25-26-27)23-10-9-16(34-23)17(18(23)21(28)31)22(32)33-4-2/h5-8,13,16-19,29H,3-4,9-12H2,1-2H3,(H,24,30)/t13-,16-,17+,18-,19?,23?/m0/s1. The molecule has 6 atom stereocenters. The van der Waals surface area contributed by atoms with Crippen molar-refractivity contribution in [2.45, 2.75) is 63.6 Å². The van der Waals surface area contributed by atoms with Crippen molar-refractivity contribution in [3.63, 3.8) is 0 Å².